The van der Waals surface area contributed by atoms with E-state index in [0.29, 0.717) is 58.2 Å². The van der Waals surface area contributed by atoms with Crippen LogP contribution in [0.3, 0.4) is 0 Å². The molecule has 1 aliphatic heterocycles. The van der Waals surface area contributed by atoms with Crippen molar-refractivity contribution in [3.63, 3.8) is 0 Å². The van der Waals surface area contributed by atoms with Crippen LogP contribution < -0.4 is 10.6 Å². The molecule has 1 saturated heterocycles. The summed E-state index contributed by atoms with van der Waals surface area (Å²) in [6, 6.07) is 3.69. The molecule has 9 heteroatoms. The molecule has 0 radical (unpaired) electrons. The van der Waals surface area contributed by atoms with Gasteiger partial charge in [-0.25, -0.2) is 0 Å². The number of nitrogens with one attached hydrogen (secondary N) is 2. The number of alkyl halides is 3. The molecular weight excluding hydrogens is 361 g/mol. The summed E-state index contributed by atoms with van der Waals surface area (Å²) >= 11 is 0. The molecule has 1 aromatic heterocycles. The maximum Gasteiger partial charge on any atom is 0.401 e. The van der Waals surface area contributed by atoms with Gasteiger partial charge in [0.15, 0.2) is 5.96 Å². The topological polar surface area (TPSA) is 62.0 Å². The van der Waals surface area contributed by atoms with Crippen molar-refractivity contribution in [3.8, 4) is 0 Å². The van der Waals surface area contributed by atoms with Gasteiger partial charge in [0.25, 0.3) is 0 Å². The molecule has 0 aliphatic carbocycles. The summed E-state index contributed by atoms with van der Waals surface area (Å²) in [5.41, 5.74) is 0. The maximum atomic E-state index is 12.5. The Kier molecular flexibility index (Phi) is 8.93. The lowest BCUT2D eigenvalue weighted by Crippen LogP contribution is -2.45. The zero-order valence-corrected chi connectivity index (χ0v) is 15.7. The Labute approximate surface area is 158 Å². The minimum absolute atomic E-state index is 0.0471. The number of rotatable bonds is 10. The van der Waals surface area contributed by atoms with Crippen LogP contribution in [0, 0.1) is 0 Å². The van der Waals surface area contributed by atoms with Crippen LogP contribution in [0.4, 0.5) is 13.2 Å². The van der Waals surface area contributed by atoms with Crippen LogP contribution in [-0.2, 0) is 11.2 Å². The Hall–Kier alpha value is -1.74. The zero-order valence-electron chi connectivity index (χ0n) is 15.7. The van der Waals surface area contributed by atoms with E-state index in [2.05, 4.69) is 15.6 Å². The first-order chi connectivity index (χ1) is 13.0. The van der Waals surface area contributed by atoms with E-state index < -0.39 is 12.7 Å². The molecule has 1 aromatic rings. The first-order valence-corrected chi connectivity index (χ1v) is 9.40. The highest BCUT2D eigenvalue weighted by Crippen LogP contribution is 2.19. The van der Waals surface area contributed by atoms with Crippen LogP contribution in [0.5, 0.6) is 0 Å². The van der Waals surface area contributed by atoms with Crippen molar-refractivity contribution in [2.24, 2.45) is 4.99 Å². The van der Waals surface area contributed by atoms with Gasteiger partial charge >= 0.3 is 6.18 Å². The summed E-state index contributed by atoms with van der Waals surface area (Å²) in [5, 5.41) is 6.50. The fraction of sp³-hybridized carbons (Fsp3) is 0.722. The van der Waals surface area contributed by atoms with Gasteiger partial charge in [-0.2, -0.15) is 13.2 Å². The predicted octanol–water partition coefficient (Wildman–Crippen LogP) is 2.42. The first kappa shape index (κ1) is 21.6. The number of likely N-dealkylation sites (tertiary alicyclic amines) is 1. The summed E-state index contributed by atoms with van der Waals surface area (Å²) in [4.78, 5) is 5.94. The molecule has 6 nitrogen and oxygen atoms in total. The van der Waals surface area contributed by atoms with Gasteiger partial charge in [0.05, 0.1) is 12.8 Å². The number of furan rings is 1. The third-order valence-electron chi connectivity index (χ3n) is 4.18. The molecule has 0 spiro atoms. The Morgan fingerprint density at radius 2 is 2.30 bits per heavy atom. The van der Waals surface area contributed by atoms with Gasteiger partial charge in [0.2, 0.25) is 0 Å². The van der Waals surface area contributed by atoms with E-state index in [1.54, 1.807) is 6.26 Å². The van der Waals surface area contributed by atoms with Crippen molar-refractivity contribution in [2.45, 2.75) is 38.4 Å². The third-order valence-corrected chi connectivity index (χ3v) is 4.18. The SMILES string of the molecule is CCOCCCN=C(NCCc1ccco1)NC1CCN(CC(F)(F)F)C1. The molecule has 154 valence electrons. The molecule has 1 unspecified atom stereocenters. The van der Waals surface area contributed by atoms with Crippen molar-refractivity contribution in [2.75, 3.05) is 45.9 Å². The number of nitrogens with zero attached hydrogens (tertiary/aromatic N) is 2. The molecule has 0 saturated carbocycles. The second-order valence-corrected chi connectivity index (χ2v) is 6.52. The van der Waals surface area contributed by atoms with Gasteiger partial charge in [-0.3, -0.25) is 9.89 Å². The number of hydrogen-bond donors (Lipinski definition) is 2. The van der Waals surface area contributed by atoms with Crippen LogP contribution in [0.2, 0.25) is 0 Å². The summed E-state index contributed by atoms with van der Waals surface area (Å²) in [6.45, 7) is 4.41. The van der Waals surface area contributed by atoms with Crippen LogP contribution in [-0.4, -0.2) is 69.0 Å². The Morgan fingerprint density at radius 1 is 1.44 bits per heavy atom. The third kappa shape index (κ3) is 9.14. The second-order valence-electron chi connectivity index (χ2n) is 6.52. The molecule has 0 aromatic carbocycles. The van der Waals surface area contributed by atoms with Gasteiger partial charge in [-0.05, 0) is 31.9 Å². The lowest BCUT2D eigenvalue weighted by molar-refractivity contribution is -0.143. The van der Waals surface area contributed by atoms with Crippen molar-refractivity contribution in [3.05, 3.63) is 24.2 Å². The summed E-state index contributed by atoms with van der Waals surface area (Å²) < 4.78 is 48.3. The first-order valence-electron chi connectivity index (χ1n) is 9.40. The van der Waals surface area contributed by atoms with Crippen LogP contribution in [0.1, 0.15) is 25.5 Å². The smallest absolute Gasteiger partial charge is 0.401 e. The molecular formula is C18H29F3N4O2. The van der Waals surface area contributed by atoms with E-state index in [4.69, 9.17) is 9.15 Å². The molecule has 2 N–H and O–H groups in total. The van der Waals surface area contributed by atoms with Crippen LogP contribution in [0.25, 0.3) is 0 Å². The Morgan fingerprint density at radius 3 is 3.00 bits per heavy atom. The van der Waals surface area contributed by atoms with E-state index in [0.717, 1.165) is 12.2 Å². The van der Waals surface area contributed by atoms with E-state index in [-0.39, 0.29) is 6.04 Å². The van der Waals surface area contributed by atoms with Gasteiger partial charge < -0.3 is 19.8 Å². The molecule has 0 amide bonds. The number of guanidine groups is 1. The molecule has 2 rings (SSSR count). The fourth-order valence-corrected chi connectivity index (χ4v) is 2.95. The molecule has 27 heavy (non-hydrogen) atoms. The average molecular weight is 390 g/mol. The minimum atomic E-state index is -4.16. The quantitative estimate of drug-likeness (QED) is 0.365. The largest absolute Gasteiger partial charge is 0.469 e. The average Bonchev–Trinajstić information content (AvgIpc) is 3.25. The fourth-order valence-electron chi connectivity index (χ4n) is 2.95. The van der Waals surface area contributed by atoms with Gasteiger partial charge in [0, 0.05) is 51.9 Å². The normalized spacial score (nSPS) is 18.8. The monoisotopic (exact) mass is 390 g/mol. The van der Waals surface area contributed by atoms with Crippen molar-refractivity contribution in [1.82, 2.24) is 15.5 Å². The van der Waals surface area contributed by atoms with Crippen molar-refractivity contribution in [1.29, 1.82) is 0 Å². The van der Waals surface area contributed by atoms with Gasteiger partial charge in [0.1, 0.15) is 5.76 Å². The maximum absolute atomic E-state index is 12.5. The standard InChI is InChI=1S/C18H29F3N4O2/c1-2-26-11-4-8-22-17(23-9-6-16-5-3-12-27-16)24-15-7-10-25(13-15)14-18(19,20)21/h3,5,12,15H,2,4,6-11,13-14H2,1H3,(H2,22,23,24). The van der Waals surface area contributed by atoms with E-state index >= 15 is 0 Å². The molecule has 0 bridgehead atoms. The highest BCUT2D eigenvalue weighted by Gasteiger charge is 2.34. The molecule has 1 atom stereocenters. The summed E-state index contributed by atoms with van der Waals surface area (Å²) in [6.07, 6.45) is -0.369. The Balaban J connectivity index is 1.80. The highest BCUT2D eigenvalue weighted by molar-refractivity contribution is 5.80. The lowest BCUT2D eigenvalue weighted by atomic mass is 10.3. The number of aliphatic imine (C=N–C) groups is 1. The molecule has 2 heterocycles. The van der Waals surface area contributed by atoms with Crippen molar-refractivity contribution < 1.29 is 22.3 Å². The highest BCUT2D eigenvalue weighted by atomic mass is 19.4. The summed E-state index contributed by atoms with van der Waals surface area (Å²) in [5.74, 6) is 1.49. The number of hydrogen-bond acceptors (Lipinski definition) is 4. The van der Waals surface area contributed by atoms with E-state index in [1.807, 2.05) is 19.1 Å². The number of ether oxygens (including phenoxy) is 1. The number of halogens is 3. The van der Waals surface area contributed by atoms with Crippen LogP contribution >= 0.6 is 0 Å². The van der Waals surface area contributed by atoms with E-state index in [9.17, 15) is 13.2 Å². The van der Waals surface area contributed by atoms with Crippen LogP contribution in [0.15, 0.2) is 27.8 Å². The second kappa shape index (κ2) is 11.2. The molecule has 1 aliphatic rings. The molecule has 1 fully saturated rings. The van der Waals surface area contributed by atoms with Gasteiger partial charge in [-0.1, -0.05) is 0 Å². The van der Waals surface area contributed by atoms with Gasteiger partial charge in [-0.15, -0.1) is 0 Å². The zero-order chi connectivity index (χ0) is 19.5. The Bertz CT molecular complexity index is 549. The lowest BCUT2D eigenvalue weighted by Gasteiger charge is -2.20. The summed E-state index contributed by atoms with van der Waals surface area (Å²) in [7, 11) is 0. The van der Waals surface area contributed by atoms with Crippen molar-refractivity contribution >= 4 is 5.96 Å². The van der Waals surface area contributed by atoms with E-state index in [1.165, 1.54) is 4.90 Å². The predicted molar refractivity (Wildman–Crippen MR) is 97.9 cm³/mol. The minimum Gasteiger partial charge on any atom is -0.469 e.